The molecule has 0 saturated heterocycles. The molecule has 5 aromatic carbocycles. The van der Waals surface area contributed by atoms with Crippen LogP contribution in [0, 0.1) is 0 Å². The van der Waals surface area contributed by atoms with E-state index in [4.69, 9.17) is 23.2 Å². The van der Waals surface area contributed by atoms with Crippen LogP contribution in [0.1, 0.15) is 22.3 Å². The SMILES string of the molecule is O=C(NCc1cccc(CN(Cc2ccc(C(F)(F)F)cc2)S(=O)(=O)c2cc(Cl)cc(Cl)c2O)c1)Nc1ccc(-c2ccccc2)cc1. The van der Waals surface area contributed by atoms with Crippen LogP contribution in [0.2, 0.25) is 10.0 Å². The van der Waals surface area contributed by atoms with Crippen molar-refractivity contribution in [3.05, 3.63) is 148 Å². The number of halogens is 5. The van der Waals surface area contributed by atoms with E-state index in [1.54, 1.807) is 36.4 Å². The lowest BCUT2D eigenvalue weighted by Crippen LogP contribution is -2.31. The number of nitrogens with one attached hydrogen (secondary N) is 2. The van der Waals surface area contributed by atoms with Crippen molar-refractivity contribution in [2.24, 2.45) is 0 Å². The maximum atomic E-state index is 13.9. The van der Waals surface area contributed by atoms with Crippen molar-refractivity contribution in [2.45, 2.75) is 30.7 Å². The summed E-state index contributed by atoms with van der Waals surface area (Å²) < 4.78 is 68.2. The Hall–Kier alpha value is -4.55. The quantitative estimate of drug-likeness (QED) is 0.134. The standard InChI is InChI=1S/C35H28Cl2F3N3O4S/c36-29-18-31(37)33(44)32(19-29)48(46,47)43(21-23-9-13-28(14-10-23)35(38,39)40)22-25-6-4-5-24(17-25)20-41-34(45)42-30-15-11-27(12-16-30)26-7-2-1-3-8-26/h1-19,44H,20-22H2,(H2,41,42,45). The molecule has 248 valence electrons. The minimum absolute atomic E-state index is 0.0376. The molecule has 0 radical (unpaired) electrons. The molecule has 0 heterocycles. The van der Waals surface area contributed by atoms with Gasteiger partial charge in [-0.15, -0.1) is 0 Å². The molecule has 0 aromatic heterocycles. The molecule has 0 aliphatic heterocycles. The topological polar surface area (TPSA) is 98.7 Å². The Morgan fingerprint density at radius 2 is 1.38 bits per heavy atom. The van der Waals surface area contributed by atoms with Crippen molar-refractivity contribution >= 4 is 44.9 Å². The Kier molecular flexibility index (Phi) is 10.6. The number of carbonyl (C=O) groups excluding carboxylic acids is 1. The van der Waals surface area contributed by atoms with Crippen LogP contribution < -0.4 is 10.6 Å². The van der Waals surface area contributed by atoms with E-state index < -0.39 is 38.4 Å². The smallest absolute Gasteiger partial charge is 0.416 e. The van der Waals surface area contributed by atoms with Gasteiger partial charge in [0.25, 0.3) is 0 Å². The fourth-order valence-electron chi connectivity index (χ4n) is 4.88. The van der Waals surface area contributed by atoms with Gasteiger partial charge in [-0.25, -0.2) is 13.2 Å². The average molecular weight is 715 g/mol. The Morgan fingerprint density at radius 3 is 2.04 bits per heavy atom. The molecule has 0 spiro atoms. The van der Waals surface area contributed by atoms with Crippen LogP contribution in [-0.2, 0) is 35.8 Å². The van der Waals surface area contributed by atoms with E-state index >= 15 is 0 Å². The zero-order chi connectivity index (χ0) is 34.5. The first-order valence-electron chi connectivity index (χ1n) is 14.4. The number of sulfonamides is 1. The normalized spacial score (nSPS) is 11.8. The number of anilines is 1. The molecular formula is C35H28Cl2F3N3O4S. The van der Waals surface area contributed by atoms with E-state index in [9.17, 15) is 31.5 Å². The molecule has 0 atom stereocenters. The Balaban J connectivity index is 1.32. The third-order valence-electron chi connectivity index (χ3n) is 7.30. The van der Waals surface area contributed by atoms with Crippen molar-refractivity contribution in [2.75, 3.05) is 5.32 Å². The number of nitrogens with zero attached hydrogens (tertiary/aromatic N) is 1. The number of phenolic OH excluding ortho intramolecular Hbond substituents is 1. The predicted molar refractivity (Wildman–Crippen MR) is 180 cm³/mol. The summed E-state index contributed by atoms with van der Waals surface area (Å²) in [5, 5.41) is 15.8. The number of aromatic hydroxyl groups is 1. The molecule has 0 fully saturated rings. The summed E-state index contributed by atoms with van der Waals surface area (Å²) >= 11 is 12.1. The summed E-state index contributed by atoms with van der Waals surface area (Å²) in [7, 11) is -4.49. The van der Waals surface area contributed by atoms with Gasteiger partial charge in [-0.05, 0) is 64.2 Å². The molecule has 3 N–H and O–H groups in total. The highest BCUT2D eigenvalue weighted by Crippen LogP contribution is 2.37. The van der Waals surface area contributed by atoms with Crippen LogP contribution in [0.25, 0.3) is 11.1 Å². The molecule has 48 heavy (non-hydrogen) atoms. The van der Waals surface area contributed by atoms with Gasteiger partial charge in [-0.1, -0.05) is 102 Å². The van der Waals surface area contributed by atoms with Crippen LogP contribution in [0.15, 0.2) is 120 Å². The second kappa shape index (κ2) is 14.7. The van der Waals surface area contributed by atoms with Crippen molar-refractivity contribution in [1.82, 2.24) is 9.62 Å². The first kappa shape index (κ1) is 34.8. The lowest BCUT2D eigenvalue weighted by molar-refractivity contribution is -0.137. The molecule has 7 nitrogen and oxygen atoms in total. The minimum Gasteiger partial charge on any atom is -0.505 e. The van der Waals surface area contributed by atoms with E-state index in [0.29, 0.717) is 16.8 Å². The predicted octanol–water partition coefficient (Wildman–Crippen LogP) is 9.10. The molecule has 0 unspecified atom stereocenters. The Morgan fingerprint density at radius 1 is 0.750 bits per heavy atom. The third kappa shape index (κ3) is 8.67. The first-order chi connectivity index (χ1) is 22.8. The number of benzene rings is 5. The van der Waals surface area contributed by atoms with Crippen LogP contribution in [0.3, 0.4) is 0 Å². The second-order valence-corrected chi connectivity index (χ2v) is 13.5. The number of hydrogen-bond acceptors (Lipinski definition) is 4. The van der Waals surface area contributed by atoms with Crippen molar-refractivity contribution < 1.29 is 31.5 Å². The summed E-state index contributed by atoms with van der Waals surface area (Å²) in [6.45, 7) is -0.461. The number of alkyl halides is 3. The molecule has 0 bridgehead atoms. The van der Waals surface area contributed by atoms with Gasteiger partial charge in [0, 0.05) is 30.3 Å². The van der Waals surface area contributed by atoms with Crippen LogP contribution >= 0.6 is 23.2 Å². The summed E-state index contributed by atoms with van der Waals surface area (Å²) in [6.07, 6.45) is -4.56. The summed E-state index contributed by atoms with van der Waals surface area (Å²) in [5.74, 6) is -0.711. The van der Waals surface area contributed by atoms with Gasteiger partial charge in [0.05, 0.1) is 10.6 Å². The monoisotopic (exact) mass is 713 g/mol. The Labute approximate surface area is 285 Å². The molecule has 2 amide bonds. The van der Waals surface area contributed by atoms with E-state index in [1.807, 2.05) is 42.5 Å². The largest absolute Gasteiger partial charge is 0.505 e. The van der Waals surface area contributed by atoms with Crippen LogP contribution in [-0.4, -0.2) is 23.9 Å². The number of rotatable bonds is 10. The fourth-order valence-corrected chi connectivity index (χ4v) is 7.04. The fraction of sp³-hybridized carbons (Fsp3) is 0.114. The minimum atomic E-state index is -4.56. The van der Waals surface area contributed by atoms with E-state index in [2.05, 4.69) is 10.6 Å². The van der Waals surface area contributed by atoms with Crippen molar-refractivity contribution in [1.29, 1.82) is 0 Å². The molecule has 5 rings (SSSR count). The van der Waals surface area contributed by atoms with Crippen molar-refractivity contribution in [3.8, 4) is 16.9 Å². The van der Waals surface area contributed by atoms with Crippen LogP contribution in [0.5, 0.6) is 5.75 Å². The summed E-state index contributed by atoms with van der Waals surface area (Å²) in [4.78, 5) is 12.1. The highest BCUT2D eigenvalue weighted by molar-refractivity contribution is 7.89. The number of carbonyl (C=O) groups is 1. The van der Waals surface area contributed by atoms with Gasteiger partial charge in [0.15, 0.2) is 5.75 Å². The highest BCUT2D eigenvalue weighted by atomic mass is 35.5. The summed E-state index contributed by atoms with van der Waals surface area (Å²) in [5.41, 5.74) is 3.19. The zero-order valence-electron chi connectivity index (χ0n) is 25.0. The van der Waals surface area contributed by atoms with Crippen molar-refractivity contribution in [3.63, 3.8) is 0 Å². The molecule has 13 heteroatoms. The summed E-state index contributed by atoms with van der Waals surface area (Å²) in [6, 6.07) is 29.8. The second-order valence-electron chi connectivity index (χ2n) is 10.8. The molecule has 0 saturated carbocycles. The van der Waals surface area contributed by atoms with Crippen LogP contribution in [0.4, 0.5) is 23.7 Å². The highest BCUT2D eigenvalue weighted by Gasteiger charge is 2.32. The van der Waals surface area contributed by atoms with Gasteiger partial charge in [-0.3, -0.25) is 0 Å². The van der Waals surface area contributed by atoms with E-state index in [0.717, 1.165) is 33.6 Å². The number of phenols is 1. The maximum Gasteiger partial charge on any atom is 0.416 e. The number of urea groups is 1. The van der Waals surface area contributed by atoms with E-state index in [-0.39, 0.29) is 35.2 Å². The van der Waals surface area contributed by atoms with Gasteiger partial charge in [0.2, 0.25) is 10.0 Å². The van der Waals surface area contributed by atoms with Gasteiger partial charge in [-0.2, -0.15) is 17.5 Å². The molecule has 5 aromatic rings. The van der Waals surface area contributed by atoms with Gasteiger partial charge in [0.1, 0.15) is 4.90 Å². The third-order valence-corrected chi connectivity index (χ3v) is 9.62. The maximum absolute atomic E-state index is 13.9. The van der Waals surface area contributed by atoms with Gasteiger partial charge < -0.3 is 15.7 Å². The number of hydrogen-bond donors (Lipinski definition) is 3. The zero-order valence-corrected chi connectivity index (χ0v) is 27.3. The first-order valence-corrected chi connectivity index (χ1v) is 16.6. The molecule has 0 aliphatic rings. The Bertz CT molecular complexity index is 2010. The lowest BCUT2D eigenvalue weighted by atomic mass is 10.1. The van der Waals surface area contributed by atoms with Gasteiger partial charge >= 0.3 is 12.2 Å². The number of amides is 2. The molecular weight excluding hydrogens is 686 g/mol. The van der Waals surface area contributed by atoms with E-state index in [1.165, 1.54) is 18.2 Å². The lowest BCUT2D eigenvalue weighted by Gasteiger charge is -2.24. The average Bonchev–Trinajstić information content (AvgIpc) is 3.06. The molecule has 0 aliphatic carbocycles.